The Balaban J connectivity index is 1.34. The second-order valence-electron chi connectivity index (χ2n) is 8.52. The van der Waals surface area contributed by atoms with Crippen LogP contribution >= 0.6 is 0 Å². The van der Waals surface area contributed by atoms with Crippen LogP contribution in [0, 0.1) is 0 Å². The third kappa shape index (κ3) is 4.37. The second kappa shape index (κ2) is 9.62. The Morgan fingerprint density at radius 2 is 1.69 bits per heavy atom. The lowest BCUT2D eigenvalue weighted by molar-refractivity contribution is 0.0655. The smallest absolute Gasteiger partial charge is 0.261 e. The van der Waals surface area contributed by atoms with Gasteiger partial charge >= 0.3 is 0 Å². The van der Waals surface area contributed by atoms with Crippen molar-refractivity contribution in [1.82, 2.24) is 9.80 Å². The summed E-state index contributed by atoms with van der Waals surface area (Å²) < 4.78 is 11.4. The summed E-state index contributed by atoms with van der Waals surface area (Å²) in [6.07, 6.45) is 0.578. The summed E-state index contributed by atoms with van der Waals surface area (Å²) in [5.74, 6) is 0.442. The highest BCUT2D eigenvalue weighted by molar-refractivity contribution is 6.22. The zero-order chi connectivity index (χ0) is 24.4. The van der Waals surface area contributed by atoms with Crippen LogP contribution in [-0.4, -0.2) is 53.8 Å². The molecule has 0 atom stereocenters. The van der Waals surface area contributed by atoms with Crippen LogP contribution in [0.1, 0.15) is 49.1 Å². The zero-order valence-electron chi connectivity index (χ0n) is 19.5. The third-order valence-corrected chi connectivity index (χ3v) is 6.36. The molecule has 3 aromatic carbocycles. The Bertz CT molecular complexity index is 1290. The highest BCUT2D eigenvalue weighted by Gasteiger charge is 2.36. The topological polar surface area (TPSA) is 76.2 Å². The molecule has 0 N–H and O–H groups in total. The summed E-state index contributed by atoms with van der Waals surface area (Å²) in [7, 11) is 0. The fraction of sp³-hybridized carbons (Fsp3) is 0.250. The monoisotopic (exact) mass is 470 g/mol. The molecule has 0 aliphatic carbocycles. The number of amides is 3. The molecule has 2 aliphatic rings. The molecule has 3 amide bonds. The molecule has 0 fully saturated rings. The van der Waals surface area contributed by atoms with E-state index in [1.807, 2.05) is 55.5 Å². The van der Waals surface area contributed by atoms with Gasteiger partial charge in [0.2, 0.25) is 0 Å². The minimum atomic E-state index is -0.360. The van der Waals surface area contributed by atoms with Crippen LogP contribution in [0.3, 0.4) is 0 Å². The molecule has 0 saturated carbocycles. The molecule has 0 aromatic heterocycles. The van der Waals surface area contributed by atoms with Crippen molar-refractivity contribution in [1.29, 1.82) is 0 Å². The van der Waals surface area contributed by atoms with E-state index < -0.39 is 0 Å². The van der Waals surface area contributed by atoms with Gasteiger partial charge in [0.05, 0.1) is 11.1 Å². The van der Waals surface area contributed by atoms with Gasteiger partial charge in [0.15, 0.2) is 11.5 Å². The Morgan fingerprint density at radius 3 is 2.49 bits per heavy atom. The zero-order valence-corrected chi connectivity index (χ0v) is 19.5. The van der Waals surface area contributed by atoms with E-state index >= 15 is 0 Å². The van der Waals surface area contributed by atoms with Gasteiger partial charge in [-0.1, -0.05) is 42.5 Å². The number of benzene rings is 3. The molecule has 35 heavy (non-hydrogen) atoms. The second-order valence-corrected chi connectivity index (χ2v) is 8.52. The van der Waals surface area contributed by atoms with Crippen LogP contribution in [0.2, 0.25) is 0 Å². The fourth-order valence-electron chi connectivity index (χ4n) is 4.49. The molecular formula is C28H26N2O5. The molecule has 0 bridgehead atoms. The Labute approximate surface area is 203 Å². The number of nitrogens with zero attached hydrogens (tertiary/aromatic N) is 2. The van der Waals surface area contributed by atoms with Crippen LogP contribution < -0.4 is 9.47 Å². The van der Waals surface area contributed by atoms with E-state index in [0.29, 0.717) is 61.9 Å². The lowest BCUT2D eigenvalue weighted by Gasteiger charge is -2.25. The van der Waals surface area contributed by atoms with Crippen LogP contribution in [0.4, 0.5) is 0 Å². The first kappa shape index (κ1) is 22.7. The number of rotatable bonds is 7. The van der Waals surface area contributed by atoms with Gasteiger partial charge in [-0.3, -0.25) is 19.3 Å². The summed E-state index contributed by atoms with van der Waals surface area (Å²) in [6, 6.07) is 20.1. The highest BCUT2D eigenvalue weighted by atomic mass is 16.6. The lowest BCUT2D eigenvalue weighted by Crippen LogP contribution is -2.32. The van der Waals surface area contributed by atoms with Crippen molar-refractivity contribution >= 4 is 17.7 Å². The van der Waals surface area contributed by atoms with Crippen LogP contribution in [0.15, 0.2) is 66.7 Å². The van der Waals surface area contributed by atoms with E-state index in [9.17, 15) is 14.4 Å². The van der Waals surface area contributed by atoms with Gasteiger partial charge in [-0.2, -0.15) is 0 Å². The van der Waals surface area contributed by atoms with Crippen LogP contribution in [0.25, 0.3) is 0 Å². The number of ether oxygens (including phenoxy) is 2. The van der Waals surface area contributed by atoms with E-state index in [4.69, 9.17) is 9.47 Å². The third-order valence-electron chi connectivity index (χ3n) is 6.36. The van der Waals surface area contributed by atoms with Gasteiger partial charge in [0.1, 0.15) is 13.2 Å². The van der Waals surface area contributed by atoms with Crippen molar-refractivity contribution in [3.63, 3.8) is 0 Å². The van der Waals surface area contributed by atoms with Crippen molar-refractivity contribution in [2.45, 2.75) is 19.9 Å². The number of fused-ring (bicyclic) bond motifs is 2. The normalized spacial score (nSPS) is 14.1. The first-order valence-corrected chi connectivity index (χ1v) is 11.8. The van der Waals surface area contributed by atoms with Gasteiger partial charge < -0.3 is 14.4 Å². The minimum absolute atomic E-state index is 0.215. The average Bonchev–Trinajstić information content (AvgIpc) is 3.14. The van der Waals surface area contributed by atoms with Gasteiger partial charge in [-0.25, -0.2) is 0 Å². The Morgan fingerprint density at radius 1 is 0.914 bits per heavy atom. The van der Waals surface area contributed by atoms with Gasteiger partial charge in [-0.05, 0) is 43.2 Å². The van der Waals surface area contributed by atoms with Gasteiger partial charge in [0.25, 0.3) is 17.7 Å². The number of para-hydroxylation sites is 1. The first-order valence-electron chi connectivity index (χ1n) is 11.8. The quantitative estimate of drug-likeness (QED) is 0.489. The molecule has 3 aromatic rings. The van der Waals surface area contributed by atoms with Crippen molar-refractivity contribution in [3.8, 4) is 11.5 Å². The summed E-state index contributed by atoms with van der Waals surface area (Å²) in [6.45, 7) is 3.97. The molecule has 2 heterocycles. The van der Waals surface area contributed by atoms with Crippen LogP contribution in [-0.2, 0) is 13.0 Å². The SMILES string of the molecule is CCN(Cc1cccc2c1OCCO2)C(=O)c1ccc2c(c1)C(=O)N(CCc1ccccc1)C2=O. The van der Waals surface area contributed by atoms with Crippen molar-refractivity contribution in [2.75, 3.05) is 26.3 Å². The number of carbonyl (C=O) groups is 3. The maximum Gasteiger partial charge on any atom is 0.261 e. The Kier molecular flexibility index (Phi) is 6.23. The minimum Gasteiger partial charge on any atom is -0.486 e. The van der Waals surface area contributed by atoms with Gasteiger partial charge in [0, 0.05) is 30.8 Å². The van der Waals surface area contributed by atoms with Crippen molar-refractivity contribution in [3.05, 3.63) is 94.5 Å². The molecule has 0 radical (unpaired) electrons. The number of hydrogen-bond donors (Lipinski definition) is 0. The predicted octanol–water partition coefficient (Wildman–Crippen LogP) is 3.96. The summed E-state index contributed by atoms with van der Waals surface area (Å²) in [5, 5.41) is 0. The number of hydrogen-bond acceptors (Lipinski definition) is 5. The molecule has 178 valence electrons. The molecule has 7 heteroatoms. The first-order chi connectivity index (χ1) is 17.1. The van der Waals surface area contributed by atoms with E-state index in [-0.39, 0.29) is 23.3 Å². The van der Waals surface area contributed by atoms with E-state index in [1.54, 1.807) is 23.1 Å². The number of imide groups is 1. The van der Waals surface area contributed by atoms with E-state index in [0.717, 1.165) is 11.1 Å². The lowest BCUT2D eigenvalue weighted by atomic mass is 10.0. The molecule has 5 rings (SSSR count). The van der Waals surface area contributed by atoms with E-state index in [2.05, 4.69) is 0 Å². The molecule has 7 nitrogen and oxygen atoms in total. The summed E-state index contributed by atoms with van der Waals surface area (Å²) >= 11 is 0. The molecule has 0 spiro atoms. The standard InChI is InChI=1S/C28H26N2O5/c1-2-29(18-21-9-6-10-24-25(21)35-16-15-34-24)26(31)20-11-12-22-23(17-20)28(33)30(27(22)32)14-13-19-7-4-3-5-8-19/h3-12,17H,2,13-16,18H2,1H3. The maximum absolute atomic E-state index is 13.4. The van der Waals surface area contributed by atoms with Gasteiger partial charge in [-0.15, -0.1) is 0 Å². The molecule has 0 unspecified atom stereocenters. The predicted molar refractivity (Wildman–Crippen MR) is 130 cm³/mol. The Hall–Kier alpha value is -4.13. The van der Waals surface area contributed by atoms with E-state index in [1.165, 1.54) is 4.90 Å². The highest BCUT2D eigenvalue weighted by Crippen LogP contribution is 2.34. The molecule has 2 aliphatic heterocycles. The molecular weight excluding hydrogens is 444 g/mol. The average molecular weight is 471 g/mol. The summed E-state index contributed by atoms with van der Waals surface area (Å²) in [4.78, 5) is 42.2. The maximum atomic E-state index is 13.4. The van der Waals surface area contributed by atoms with Crippen LogP contribution in [0.5, 0.6) is 11.5 Å². The van der Waals surface area contributed by atoms with Crippen molar-refractivity contribution in [2.24, 2.45) is 0 Å². The van der Waals surface area contributed by atoms with Crippen molar-refractivity contribution < 1.29 is 23.9 Å². The fourth-order valence-corrected chi connectivity index (χ4v) is 4.49. The molecule has 0 saturated heterocycles. The summed E-state index contributed by atoms with van der Waals surface area (Å²) in [5.41, 5.74) is 2.90. The number of carbonyl (C=O) groups excluding carboxylic acids is 3. The largest absolute Gasteiger partial charge is 0.486 e.